The Morgan fingerprint density at radius 1 is 1.00 bits per heavy atom. The van der Waals surface area contributed by atoms with Gasteiger partial charge in [0.1, 0.15) is 5.75 Å². The molecule has 2 aromatic carbocycles. The summed E-state index contributed by atoms with van der Waals surface area (Å²) in [4.78, 5) is 0. The van der Waals surface area contributed by atoms with Crippen molar-refractivity contribution in [3.63, 3.8) is 0 Å². The molecule has 23 heavy (non-hydrogen) atoms. The van der Waals surface area contributed by atoms with Gasteiger partial charge < -0.3 is 5.11 Å². The predicted octanol–water partition coefficient (Wildman–Crippen LogP) is 4.30. The number of aromatic hydroxyl groups is 1. The van der Waals surface area contributed by atoms with Gasteiger partial charge in [0.15, 0.2) is 0 Å². The highest BCUT2D eigenvalue weighted by Gasteiger charge is 2.19. The molecule has 0 radical (unpaired) electrons. The minimum atomic E-state index is -0.151. The fourth-order valence-electron chi connectivity index (χ4n) is 2.63. The number of phenols is 1. The van der Waals surface area contributed by atoms with Crippen molar-refractivity contribution in [2.45, 2.75) is 40.0 Å². The van der Waals surface area contributed by atoms with Gasteiger partial charge in [-0.2, -0.15) is 0 Å². The van der Waals surface area contributed by atoms with Crippen LogP contribution in [0.3, 0.4) is 0 Å². The molecule has 1 N–H and O–H groups in total. The Balaban J connectivity index is 2.55. The van der Waals surface area contributed by atoms with Gasteiger partial charge in [-0.15, -0.1) is 0 Å². The van der Waals surface area contributed by atoms with Gasteiger partial charge in [-0.05, 0) is 66.0 Å². The van der Waals surface area contributed by atoms with Crippen molar-refractivity contribution in [1.29, 1.82) is 0 Å². The van der Waals surface area contributed by atoms with Gasteiger partial charge in [0.25, 0.3) is 0 Å². The summed E-state index contributed by atoms with van der Waals surface area (Å²) in [6, 6.07) is 10.9. The zero-order valence-electron chi connectivity index (χ0n) is 15.3. The molecule has 1 atom stereocenters. The fourth-order valence-corrected chi connectivity index (χ4v) is 5.78. The van der Waals surface area contributed by atoms with Crippen LogP contribution in [-0.2, 0) is 5.41 Å². The van der Waals surface area contributed by atoms with E-state index in [9.17, 15) is 5.11 Å². The third-order valence-corrected chi connectivity index (χ3v) is 7.27. The fraction of sp³-hybridized carbons (Fsp3) is 0.400. The quantitative estimate of drug-likeness (QED) is 0.822. The van der Waals surface area contributed by atoms with E-state index in [1.54, 1.807) is 0 Å². The molecule has 0 fully saturated rings. The van der Waals surface area contributed by atoms with Crippen LogP contribution in [0.4, 0.5) is 0 Å². The van der Waals surface area contributed by atoms with E-state index in [0.717, 1.165) is 10.9 Å². The Hall–Kier alpha value is -0.900. The van der Waals surface area contributed by atoms with Crippen molar-refractivity contribution in [3.05, 3.63) is 47.0 Å². The van der Waals surface area contributed by atoms with Crippen molar-refractivity contribution in [2.75, 3.05) is 13.3 Å². The lowest BCUT2D eigenvalue weighted by Gasteiger charge is -2.23. The Bertz CT molecular complexity index is 712. The minimum absolute atomic E-state index is 0.0917. The molecule has 0 saturated carbocycles. The van der Waals surface area contributed by atoms with Gasteiger partial charge in [-0.1, -0.05) is 61.5 Å². The molecule has 3 heteroatoms. The van der Waals surface area contributed by atoms with Crippen LogP contribution in [0.25, 0.3) is 0 Å². The van der Waals surface area contributed by atoms with Crippen LogP contribution < -0.4 is 15.9 Å². The lowest BCUT2D eigenvalue weighted by molar-refractivity contribution is 0.474. The van der Waals surface area contributed by atoms with E-state index in [1.807, 2.05) is 6.92 Å². The number of aryl methyl sites for hydroxylation is 2. The lowest BCUT2D eigenvalue weighted by atomic mass is 9.86. The monoisotopic (exact) mass is 346 g/mol. The van der Waals surface area contributed by atoms with Crippen molar-refractivity contribution >= 4 is 32.4 Å². The molecule has 0 amide bonds. The SMILES string of the molecule is Cc1cc(C(C)(C)C)cc(Pc2c(C)cccc2P(C)C)c1O. The van der Waals surface area contributed by atoms with Crippen molar-refractivity contribution in [1.82, 2.24) is 0 Å². The van der Waals surface area contributed by atoms with Crippen molar-refractivity contribution in [3.8, 4) is 5.75 Å². The molecular weight excluding hydrogens is 318 g/mol. The largest absolute Gasteiger partial charge is 0.507 e. The number of hydrogen-bond donors (Lipinski definition) is 1. The lowest BCUT2D eigenvalue weighted by Crippen LogP contribution is -2.24. The summed E-state index contributed by atoms with van der Waals surface area (Å²) >= 11 is 0. The van der Waals surface area contributed by atoms with E-state index in [4.69, 9.17) is 0 Å². The molecule has 2 aromatic rings. The van der Waals surface area contributed by atoms with Crippen molar-refractivity contribution in [2.24, 2.45) is 0 Å². The molecular formula is C20H28OP2. The van der Waals surface area contributed by atoms with Crippen LogP contribution in [0.2, 0.25) is 0 Å². The summed E-state index contributed by atoms with van der Waals surface area (Å²) in [5, 5.41) is 14.5. The Morgan fingerprint density at radius 3 is 2.22 bits per heavy atom. The third kappa shape index (κ3) is 4.14. The molecule has 1 unspecified atom stereocenters. The number of rotatable bonds is 3. The maximum absolute atomic E-state index is 10.6. The predicted molar refractivity (Wildman–Crippen MR) is 109 cm³/mol. The second-order valence-corrected chi connectivity index (χ2v) is 11.0. The van der Waals surface area contributed by atoms with Crippen LogP contribution in [-0.4, -0.2) is 18.4 Å². The summed E-state index contributed by atoms with van der Waals surface area (Å²) in [6.07, 6.45) is 0. The molecule has 0 aliphatic heterocycles. The highest BCUT2D eigenvalue weighted by Crippen LogP contribution is 2.32. The second-order valence-electron chi connectivity index (χ2n) is 7.43. The maximum atomic E-state index is 10.6. The van der Waals surface area contributed by atoms with Gasteiger partial charge in [0, 0.05) is 5.30 Å². The van der Waals surface area contributed by atoms with Crippen LogP contribution in [0, 0.1) is 13.8 Å². The molecule has 124 valence electrons. The van der Waals surface area contributed by atoms with Crippen LogP contribution in [0.15, 0.2) is 30.3 Å². The highest BCUT2D eigenvalue weighted by molar-refractivity contribution is 7.67. The van der Waals surface area contributed by atoms with Crippen LogP contribution >= 0.6 is 16.5 Å². The first-order valence-corrected chi connectivity index (χ1v) is 11.2. The van der Waals surface area contributed by atoms with Gasteiger partial charge in [0.05, 0.1) is 0 Å². The minimum Gasteiger partial charge on any atom is -0.507 e. The Kier molecular flexibility index (Phi) is 5.55. The van der Waals surface area contributed by atoms with E-state index in [-0.39, 0.29) is 13.3 Å². The summed E-state index contributed by atoms with van der Waals surface area (Å²) in [5.41, 5.74) is 3.69. The zero-order valence-corrected chi connectivity index (χ0v) is 17.2. The molecule has 0 aliphatic rings. The van der Waals surface area contributed by atoms with Crippen LogP contribution in [0.5, 0.6) is 5.75 Å². The average Bonchev–Trinajstić information content (AvgIpc) is 2.44. The first kappa shape index (κ1) is 18.4. The standard InChI is InChI=1S/C20H28OP2/c1-13-9-8-10-17(23(6)7)19(13)22-16-12-15(20(3,4)5)11-14(2)18(16)21/h8-12,21-22H,1-7H3. The summed E-state index contributed by atoms with van der Waals surface area (Å²) in [6.45, 7) is 15.5. The Labute approximate surface area is 144 Å². The zero-order chi connectivity index (χ0) is 17.4. The summed E-state index contributed by atoms with van der Waals surface area (Å²) in [7, 11) is 0.353. The Morgan fingerprint density at radius 2 is 1.65 bits per heavy atom. The highest BCUT2D eigenvalue weighted by atomic mass is 31.1. The van der Waals surface area contributed by atoms with Crippen LogP contribution in [0.1, 0.15) is 37.5 Å². The molecule has 1 nitrogen and oxygen atoms in total. The average molecular weight is 346 g/mol. The normalized spacial score (nSPS) is 12.5. The van der Waals surface area contributed by atoms with E-state index in [2.05, 4.69) is 71.4 Å². The van der Waals surface area contributed by atoms with Gasteiger partial charge >= 0.3 is 0 Å². The van der Waals surface area contributed by atoms with Gasteiger partial charge in [0.2, 0.25) is 0 Å². The first-order chi connectivity index (χ1) is 10.6. The summed E-state index contributed by atoms with van der Waals surface area (Å²) < 4.78 is 0. The molecule has 0 saturated heterocycles. The third-order valence-electron chi connectivity index (χ3n) is 4.16. The molecule has 2 rings (SSSR count). The van der Waals surface area contributed by atoms with E-state index in [0.29, 0.717) is 14.3 Å². The first-order valence-electron chi connectivity index (χ1n) is 7.99. The van der Waals surface area contributed by atoms with Crippen molar-refractivity contribution < 1.29 is 5.11 Å². The topological polar surface area (TPSA) is 20.2 Å². The molecule has 0 bridgehead atoms. The van der Waals surface area contributed by atoms with Gasteiger partial charge in [-0.25, -0.2) is 0 Å². The number of hydrogen-bond acceptors (Lipinski definition) is 1. The van der Waals surface area contributed by atoms with E-state index < -0.39 is 0 Å². The van der Waals surface area contributed by atoms with Gasteiger partial charge in [-0.3, -0.25) is 0 Å². The summed E-state index contributed by atoms with van der Waals surface area (Å²) in [5.74, 6) is 0.460. The molecule has 0 spiro atoms. The van der Waals surface area contributed by atoms with E-state index >= 15 is 0 Å². The molecule has 0 heterocycles. The molecule has 0 aliphatic carbocycles. The number of benzene rings is 2. The second kappa shape index (κ2) is 6.92. The number of phenolic OH excluding ortho intramolecular Hbond substituents is 1. The molecule has 0 aromatic heterocycles. The maximum Gasteiger partial charge on any atom is 0.126 e. The van der Waals surface area contributed by atoms with E-state index in [1.165, 1.54) is 21.7 Å². The smallest absolute Gasteiger partial charge is 0.126 e.